The number of para-hydroxylation sites is 1. The maximum atomic E-state index is 13.8. The van der Waals surface area contributed by atoms with Gasteiger partial charge in [-0.25, -0.2) is 9.37 Å². The van der Waals surface area contributed by atoms with Gasteiger partial charge in [0.2, 0.25) is 0 Å². The van der Waals surface area contributed by atoms with Crippen LogP contribution in [0.25, 0.3) is 10.2 Å². The van der Waals surface area contributed by atoms with Gasteiger partial charge in [0.05, 0.1) is 15.2 Å². The summed E-state index contributed by atoms with van der Waals surface area (Å²) < 4.78 is 20.0. The summed E-state index contributed by atoms with van der Waals surface area (Å²) in [7, 11) is 3.86. The van der Waals surface area contributed by atoms with Crippen LogP contribution in [0, 0.1) is 12.7 Å². The van der Waals surface area contributed by atoms with Crippen molar-refractivity contribution in [3.8, 4) is 5.75 Å². The monoisotopic (exact) mass is 457 g/mol. The maximum absolute atomic E-state index is 13.8. The minimum atomic E-state index is -0.502. The summed E-state index contributed by atoms with van der Waals surface area (Å²) in [5, 5.41) is 1.15. The van der Waals surface area contributed by atoms with E-state index in [2.05, 4.69) is 4.98 Å². The van der Waals surface area contributed by atoms with Crippen molar-refractivity contribution in [3.63, 3.8) is 0 Å². The highest BCUT2D eigenvalue weighted by Gasteiger charge is 2.22. The van der Waals surface area contributed by atoms with Crippen molar-refractivity contribution in [2.24, 2.45) is 0 Å². The Morgan fingerprint density at radius 3 is 2.59 bits per heavy atom. The number of aromatic nitrogens is 1. The van der Waals surface area contributed by atoms with Crippen molar-refractivity contribution >= 4 is 56.6 Å². The highest BCUT2D eigenvalue weighted by atomic mass is 35.5. The van der Waals surface area contributed by atoms with E-state index in [9.17, 15) is 9.18 Å². The Morgan fingerprint density at radius 1 is 1.21 bits per heavy atom. The molecule has 3 rings (SSSR count). The predicted molar refractivity (Wildman–Crippen MR) is 119 cm³/mol. The number of aryl methyl sites for hydroxylation is 1. The molecular formula is C20H22Cl2FN3O2S. The zero-order chi connectivity index (χ0) is 20.3. The predicted octanol–water partition coefficient (Wildman–Crippen LogP) is 4.79. The van der Waals surface area contributed by atoms with Gasteiger partial charge in [-0.05, 0) is 44.8 Å². The molecule has 0 fully saturated rings. The number of halogens is 3. The first-order valence-corrected chi connectivity index (χ1v) is 9.94. The van der Waals surface area contributed by atoms with E-state index in [4.69, 9.17) is 16.3 Å². The van der Waals surface area contributed by atoms with Gasteiger partial charge < -0.3 is 9.64 Å². The van der Waals surface area contributed by atoms with Crippen LogP contribution in [0.1, 0.15) is 5.56 Å². The molecule has 0 radical (unpaired) electrons. The third-order valence-electron chi connectivity index (χ3n) is 4.18. The van der Waals surface area contributed by atoms with E-state index >= 15 is 0 Å². The quantitative estimate of drug-likeness (QED) is 0.511. The summed E-state index contributed by atoms with van der Waals surface area (Å²) in [4.78, 5) is 21.1. The molecule has 0 unspecified atom stereocenters. The molecule has 0 saturated heterocycles. The standard InChI is InChI=1S/C20H21ClFN3O2S.ClH/c1-13-8-9-14(21)19-18(13)23-20(28-19)25(11-10-24(2)3)17(26)12-27-16-7-5-4-6-15(16)22;/h4-9H,10-12H2,1-3H3;1H. The minimum absolute atomic E-state index is 0. The number of ether oxygens (including phenoxy) is 1. The molecule has 9 heteroatoms. The third-order valence-corrected chi connectivity index (χ3v) is 5.72. The number of benzene rings is 2. The number of carbonyl (C=O) groups is 1. The van der Waals surface area contributed by atoms with Gasteiger partial charge in [-0.2, -0.15) is 0 Å². The lowest BCUT2D eigenvalue weighted by molar-refractivity contribution is -0.120. The summed E-state index contributed by atoms with van der Waals surface area (Å²) in [5.74, 6) is -0.748. The molecule has 0 aliphatic heterocycles. The molecule has 0 aliphatic carbocycles. The van der Waals surface area contributed by atoms with Gasteiger partial charge in [0.1, 0.15) is 0 Å². The Balaban J connectivity index is 0.00000300. The average molecular weight is 458 g/mol. The summed E-state index contributed by atoms with van der Waals surface area (Å²) in [6, 6.07) is 9.75. The summed E-state index contributed by atoms with van der Waals surface area (Å²) in [6.45, 7) is 2.75. The first-order valence-electron chi connectivity index (χ1n) is 8.75. The van der Waals surface area contributed by atoms with E-state index in [1.165, 1.54) is 23.5 Å². The van der Waals surface area contributed by atoms with E-state index < -0.39 is 5.82 Å². The zero-order valence-electron chi connectivity index (χ0n) is 16.3. The van der Waals surface area contributed by atoms with Crippen molar-refractivity contribution in [3.05, 3.63) is 52.8 Å². The summed E-state index contributed by atoms with van der Waals surface area (Å²) in [6.07, 6.45) is 0. The van der Waals surface area contributed by atoms with Crippen LogP contribution < -0.4 is 9.64 Å². The van der Waals surface area contributed by atoms with Gasteiger partial charge in [-0.15, -0.1) is 12.4 Å². The highest BCUT2D eigenvalue weighted by molar-refractivity contribution is 7.23. The van der Waals surface area contributed by atoms with Crippen LogP contribution in [0.15, 0.2) is 36.4 Å². The fourth-order valence-electron chi connectivity index (χ4n) is 2.61. The molecule has 156 valence electrons. The molecule has 0 atom stereocenters. The first-order chi connectivity index (χ1) is 13.4. The molecule has 5 nitrogen and oxygen atoms in total. The average Bonchev–Trinajstić information content (AvgIpc) is 3.10. The topological polar surface area (TPSA) is 45.7 Å². The molecule has 0 aliphatic rings. The second kappa shape index (κ2) is 10.2. The lowest BCUT2D eigenvalue weighted by Gasteiger charge is -2.22. The Morgan fingerprint density at radius 2 is 1.93 bits per heavy atom. The van der Waals surface area contributed by atoms with Gasteiger partial charge in [-0.3, -0.25) is 9.69 Å². The fourth-order valence-corrected chi connectivity index (χ4v) is 3.97. The van der Waals surface area contributed by atoms with Crippen LogP contribution in [-0.2, 0) is 4.79 Å². The van der Waals surface area contributed by atoms with E-state index in [-0.39, 0.29) is 30.7 Å². The van der Waals surface area contributed by atoms with E-state index in [0.29, 0.717) is 23.2 Å². The summed E-state index contributed by atoms with van der Waals surface area (Å²) in [5.41, 5.74) is 1.77. The lowest BCUT2D eigenvalue weighted by Crippen LogP contribution is -2.39. The molecule has 0 bridgehead atoms. The molecule has 1 heterocycles. The molecule has 0 N–H and O–H groups in total. The minimum Gasteiger partial charge on any atom is -0.481 e. The normalized spacial score (nSPS) is 10.8. The van der Waals surface area contributed by atoms with Crippen LogP contribution in [0.4, 0.5) is 9.52 Å². The van der Waals surface area contributed by atoms with Crippen molar-refractivity contribution in [1.82, 2.24) is 9.88 Å². The molecule has 1 aromatic heterocycles. The second-order valence-electron chi connectivity index (χ2n) is 6.61. The number of nitrogens with zero attached hydrogens (tertiary/aromatic N) is 3. The van der Waals surface area contributed by atoms with Gasteiger partial charge in [-0.1, -0.05) is 41.1 Å². The SMILES string of the molecule is Cc1ccc(Cl)c2sc(N(CCN(C)C)C(=O)COc3ccccc3F)nc12.Cl. The Bertz CT molecular complexity index is 958. The van der Waals surface area contributed by atoms with Crippen molar-refractivity contribution in [1.29, 1.82) is 0 Å². The van der Waals surface area contributed by atoms with Gasteiger partial charge >= 0.3 is 0 Å². The number of amides is 1. The lowest BCUT2D eigenvalue weighted by atomic mass is 10.2. The van der Waals surface area contributed by atoms with Crippen LogP contribution in [0.3, 0.4) is 0 Å². The number of hydrogen-bond donors (Lipinski definition) is 0. The number of thiazole rings is 1. The van der Waals surface area contributed by atoms with Crippen LogP contribution in [0.5, 0.6) is 5.75 Å². The number of hydrogen-bond acceptors (Lipinski definition) is 5. The second-order valence-corrected chi connectivity index (χ2v) is 7.99. The van der Waals surface area contributed by atoms with Crippen LogP contribution >= 0.6 is 35.3 Å². The number of fused-ring (bicyclic) bond motifs is 1. The van der Waals surface area contributed by atoms with Crippen LogP contribution in [0.2, 0.25) is 5.02 Å². The zero-order valence-corrected chi connectivity index (χ0v) is 18.7. The number of anilines is 1. The molecule has 29 heavy (non-hydrogen) atoms. The number of likely N-dealkylation sites (N-methyl/N-ethyl adjacent to an activating group) is 1. The molecule has 2 aromatic carbocycles. The number of rotatable bonds is 7. The van der Waals surface area contributed by atoms with Gasteiger partial charge in [0.25, 0.3) is 5.91 Å². The maximum Gasteiger partial charge on any atom is 0.266 e. The van der Waals surface area contributed by atoms with E-state index in [1.807, 2.05) is 38.1 Å². The fraction of sp³-hybridized carbons (Fsp3) is 0.300. The molecule has 1 amide bonds. The van der Waals surface area contributed by atoms with E-state index in [1.54, 1.807) is 17.0 Å². The molecule has 0 spiro atoms. The summed E-state index contributed by atoms with van der Waals surface area (Å²) >= 11 is 7.67. The Labute approximate surface area is 184 Å². The van der Waals surface area contributed by atoms with Crippen molar-refractivity contribution in [2.45, 2.75) is 6.92 Å². The first kappa shape index (κ1) is 23.3. The van der Waals surface area contributed by atoms with Crippen LogP contribution in [-0.4, -0.2) is 49.6 Å². The molecular weight excluding hydrogens is 436 g/mol. The smallest absolute Gasteiger partial charge is 0.266 e. The van der Waals surface area contributed by atoms with Gasteiger partial charge in [0, 0.05) is 13.1 Å². The van der Waals surface area contributed by atoms with Crippen molar-refractivity contribution < 1.29 is 13.9 Å². The molecule has 3 aromatic rings. The largest absolute Gasteiger partial charge is 0.481 e. The Kier molecular flexibility index (Phi) is 8.22. The molecule has 0 saturated carbocycles. The number of carbonyl (C=O) groups excluding carboxylic acids is 1. The highest BCUT2D eigenvalue weighted by Crippen LogP contribution is 2.35. The van der Waals surface area contributed by atoms with E-state index in [0.717, 1.165) is 15.8 Å². The van der Waals surface area contributed by atoms with Gasteiger partial charge in [0.15, 0.2) is 23.3 Å². The van der Waals surface area contributed by atoms with Crippen molar-refractivity contribution in [2.75, 3.05) is 38.7 Å². The third kappa shape index (κ3) is 5.57. The Hall–Kier alpha value is -1.93.